The number of nitrogens with zero attached hydrogens (tertiary/aromatic N) is 1. The number of benzene rings is 1. The largest absolute Gasteiger partial charge is 0.371 e. The number of hydrogen-bond acceptors (Lipinski definition) is 2. The van der Waals surface area contributed by atoms with Crippen LogP contribution in [0.25, 0.3) is 0 Å². The molecular formula is C18H29N3O. The standard InChI is InChI=1S/C18H29N3O/c1-18(2,3)22-13-16-9-5-8-15(10-16)12-21-17(19)20-11-14-6-4-7-14/h5,8-10,14H,4,6-7,11-13H2,1-3H3,(H3,19,20,21). The maximum Gasteiger partial charge on any atom is 0.188 e. The number of nitrogens with one attached hydrogen (secondary N) is 1. The zero-order valence-corrected chi connectivity index (χ0v) is 14.1. The van der Waals surface area contributed by atoms with E-state index in [2.05, 4.69) is 49.3 Å². The van der Waals surface area contributed by atoms with Crippen LogP contribution in [0.2, 0.25) is 0 Å². The van der Waals surface area contributed by atoms with Crippen molar-refractivity contribution in [3.05, 3.63) is 35.4 Å². The molecule has 1 aliphatic rings. The second-order valence-electron chi connectivity index (χ2n) is 7.10. The Morgan fingerprint density at radius 3 is 2.68 bits per heavy atom. The molecule has 4 heteroatoms. The molecule has 22 heavy (non-hydrogen) atoms. The number of rotatable bonds is 6. The summed E-state index contributed by atoms with van der Waals surface area (Å²) in [6.07, 6.45) is 3.99. The van der Waals surface area contributed by atoms with Crippen molar-refractivity contribution in [3.63, 3.8) is 0 Å². The van der Waals surface area contributed by atoms with Gasteiger partial charge in [-0.25, -0.2) is 4.99 Å². The van der Waals surface area contributed by atoms with Crippen LogP contribution in [0.1, 0.15) is 51.2 Å². The van der Waals surface area contributed by atoms with E-state index in [1.165, 1.54) is 24.8 Å². The summed E-state index contributed by atoms with van der Waals surface area (Å²) in [6.45, 7) is 8.37. The molecule has 1 aromatic rings. The summed E-state index contributed by atoms with van der Waals surface area (Å²) < 4.78 is 5.81. The first-order chi connectivity index (χ1) is 10.4. The SMILES string of the molecule is CC(C)(C)OCc1cccc(CN=C(N)NCC2CCC2)c1. The van der Waals surface area contributed by atoms with E-state index in [0.29, 0.717) is 19.1 Å². The van der Waals surface area contributed by atoms with Gasteiger partial charge in [0.05, 0.1) is 18.8 Å². The summed E-state index contributed by atoms with van der Waals surface area (Å²) in [5, 5.41) is 3.22. The average molecular weight is 303 g/mol. The molecule has 3 N–H and O–H groups in total. The van der Waals surface area contributed by atoms with E-state index in [9.17, 15) is 0 Å². The van der Waals surface area contributed by atoms with Gasteiger partial charge in [-0.1, -0.05) is 30.7 Å². The molecule has 1 aromatic carbocycles. The molecular weight excluding hydrogens is 274 g/mol. The van der Waals surface area contributed by atoms with E-state index >= 15 is 0 Å². The average Bonchev–Trinajstić information content (AvgIpc) is 2.41. The van der Waals surface area contributed by atoms with E-state index < -0.39 is 0 Å². The first-order valence-corrected chi connectivity index (χ1v) is 8.18. The molecule has 0 radical (unpaired) electrons. The van der Waals surface area contributed by atoms with E-state index in [1.807, 2.05) is 6.07 Å². The van der Waals surface area contributed by atoms with Gasteiger partial charge in [0.15, 0.2) is 5.96 Å². The minimum atomic E-state index is -0.121. The molecule has 0 spiro atoms. The Hall–Kier alpha value is -1.55. The third-order valence-corrected chi connectivity index (χ3v) is 3.89. The molecule has 4 nitrogen and oxygen atoms in total. The fraction of sp³-hybridized carbons (Fsp3) is 0.611. The Kier molecular flexibility index (Phi) is 5.83. The van der Waals surface area contributed by atoms with Crippen LogP contribution in [0.4, 0.5) is 0 Å². The van der Waals surface area contributed by atoms with Crippen molar-refractivity contribution in [1.82, 2.24) is 5.32 Å². The molecule has 122 valence electrons. The van der Waals surface area contributed by atoms with Crippen molar-refractivity contribution in [2.75, 3.05) is 6.54 Å². The Bertz CT molecular complexity index is 501. The molecule has 0 aliphatic heterocycles. The first-order valence-electron chi connectivity index (χ1n) is 8.18. The molecule has 2 rings (SSSR count). The molecule has 0 heterocycles. The Morgan fingerprint density at radius 1 is 1.32 bits per heavy atom. The van der Waals surface area contributed by atoms with Crippen LogP contribution in [0.5, 0.6) is 0 Å². The van der Waals surface area contributed by atoms with Crippen molar-refractivity contribution in [2.24, 2.45) is 16.6 Å². The second kappa shape index (κ2) is 7.63. The maximum atomic E-state index is 5.92. The van der Waals surface area contributed by atoms with Gasteiger partial charge in [0.1, 0.15) is 0 Å². The van der Waals surface area contributed by atoms with E-state index in [-0.39, 0.29) is 5.60 Å². The summed E-state index contributed by atoms with van der Waals surface area (Å²) in [5.74, 6) is 1.33. The van der Waals surface area contributed by atoms with E-state index in [4.69, 9.17) is 10.5 Å². The first kappa shape index (κ1) is 16.8. The summed E-state index contributed by atoms with van der Waals surface area (Å²) in [5.41, 5.74) is 8.12. The Balaban J connectivity index is 1.81. The number of aliphatic imine (C=N–C) groups is 1. The lowest BCUT2D eigenvalue weighted by atomic mass is 9.85. The summed E-state index contributed by atoms with van der Waals surface area (Å²) >= 11 is 0. The van der Waals surface area contributed by atoms with Crippen LogP contribution in [-0.4, -0.2) is 18.1 Å². The third kappa shape index (κ3) is 6.06. The van der Waals surface area contributed by atoms with Gasteiger partial charge in [0.25, 0.3) is 0 Å². The lowest BCUT2D eigenvalue weighted by Crippen LogP contribution is -2.37. The van der Waals surface area contributed by atoms with Crippen molar-refractivity contribution < 1.29 is 4.74 Å². The molecule has 0 atom stereocenters. The topological polar surface area (TPSA) is 59.6 Å². The van der Waals surface area contributed by atoms with Gasteiger partial charge < -0.3 is 15.8 Å². The molecule has 0 aromatic heterocycles. The fourth-order valence-electron chi connectivity index (χ4n) is 2.30. The van der Waals surface area contributed by atoms with Crippen molar-refractivity contribution in [3.8, 4) is 0 Å². The summed E-state index contributed by atoms with van der Waals surface area (Å²) in [7, 11) is 0. The van der Waals surface area contributed by atoms with Gasteiger partial charge >= 0.3 is 0 Å². The lowest BCUT2D eigenvalue weighted by Gasteiger charge is -2.25. The van der Waals surface area contributed by atoms with Gasteiger partial charge in [-0.15, -0.1) is 0 Å². The minimum Gasteiger partial charge on any atom is -0.371 e. The fourth-order valence-corrected chi connectivity index (χ4v) is 2.30. The van der Waals surface area contributed by atoms with Crippen molar-refractivity contribution in [2.45, 2.75) is 58.8 Å². The highest BCUT2D eigenvalue weighted by Crippen LogP contribution is 2.25. The zero-order valence-electron chi connectivity index (χ0n) is 14.1. The van der Waals surface area contributed by atoms with E-state index in [1.54, 1.807) is 0 Å². The lowest BCUT2D eigenvalue weighted by molar-refractivity contribution is -0.0149. The molecule has 1 aliphatic carbocycles. The quantitative estimate of drug-likeness (QED) is 0.626. The number of nitrogens with two attached hydrogens (primary N) is 1. The van der Waals surface area contributed by atoms with Crippen molar-refractivity contribution in [1.29, 1.82) is 0 Å². The molecule has 0 unspecified atom stereocenters. The highest BCUT2D eigenvalue weighted by Gasteiger charge is 2.16. The molecule has 0 amide bonds. The predicted molar refractivity (Wildman–Crippen MR) is 91.7 cm³/mol. The predicted octanol–water partition coefficient (Wildman–Crippen LogP) is 3.21. The van der Waals surface area contributed by atoms with E-state index in [0.717, 1.165) is 18.0 Å². The number of ether oxygens (including phenoxy) is 1. The summed E-state index contributed by atoms with van der Waals surface area (Å²) in [4.78, 5) is 4.42. The monoisotopic (exact) mass is 303 g/mol. The van der Waals surface area contributed by atoms with Crippen molar-refractivity contribution >= 4 is 5.96 Å². The van der Waals surface area contributed by atoms with Crippen LogP contribution in [0.3, 0.4) is 0 Å². The van der Waals surface area contributed by atoms with Gasteiger partial charge in [-0.2, -0.15) is 0 Å². The molecule has 0 bridgehead atoms. The zero-order chi connectivity index (χ0) is 16.0. The number of hydrogen-bond donors (Lipinski definition) is 2. The normalized spacial score (nSPS) is 16.4. The van der Waals surface area contributed by atoms with Crippen LogP contribution < -0.4 is 11.1 Å². The highest BCUT2D eigenvalue weighted by atomic mass is 16.5. The van der Waals surface area contributed by atoms with Crippen LogP contribution in [-0.2, 0) is 17.9 Å². The molecule has 1 saturated carbocycles. The van der Waals surface area contributed by atoms with Gasteiger partial charge in [0, 0.05) is 6.54 Å². The second-order valence-corrected chi connectivity index (χ2v) is 7.10. The number of guanidine groups is 1. The molecule has 0 saturated heterocycles. The maximum absolute atomic E-state index is 5.92. The third-order valence-electron chi connectivity index (χ3n) is 3.89. The Morgan fingerprint density at radius 2 is 2.05 bits per heavy atom. The smallest absolute Gasteiger partial charge is 0.188 e. The van der Waals surface area contributed by atoms with Gasteiger partial charge in [0.2, 0.25) is 0 Å². The van der Waals surface area contributed by atoms with Gasteiger partial charge in [-0.05, 0) is 50.7 Å². The highest BCUT2D eigenvalue weighted by molar-refractivity contribution is 5.77. The minimum absolute atomic E-state index is 0.121. The van der Waals surface area contributed by atoms with Crippen LogP contribution >= 0.6 is 0 Å². The summed E-state index contributed by atoms with van der Waals surface area (Å²) in [6, 6.07) is 8.33. The molecule has 1 fully saturated rings. The van der Waals surface area contributed by atoms with Crippen LogP contribution in [0.15, 0.2) is 29.3 Å². The van der Waals surface area contributed by atoms with Gasteiger partial charge in [-0.3, -0.25) is 0 Å². The van der Waals surface area contributed by atoms with Crippen LogP contribution in [0, 0.1) is 5.92 Å². The Labute approximate surface area is 134 Å².